The number of aliphatic carboxylic acids is 1. The van der Waals surface area contributed by atoms with Gasteiger partial charge < -0.3 is 10.4 Å². The molecular formula is C14H14N4O3. The zero-order valence-electron chi connectivity index (χ0n) is 11.4. The molecule has 0 aliphatic heterocycles. The van der Waals surface area contributed by atoms with E-state index in [1.807, 2.05) is 0 Å². The first-order chi connectivity index (χ1) is 10.0. The SMILES string of the molecule is Cn1nccc1/C=C/C(=O)Nc1ccc(CC(=O)O)nc1. The van der Waals surface area contributed by atoms with Crippen LogP contribution in [0.2, 0.25) is 0 Å². The molecule has 2 N–H and O–H groups in total. The molecule has 0 saturated heterocycles. The molecule has 2 aromatic heterocycles. The predicted molar refractivity (Wildman–Crippen MR) is 76.4 cm³/mol. The maximum atomic E-state index is 11.7. The number of hydrogen-bond acceptors (Lipinski definition) is 4. The second kappa shape index (κ2) is 6.47. The molecule has 2 aromatic rings. The van der Waals surface area contributed by atoms with Crippen LogP contribution in [0.1, 0.15) is 11.4 Å². The van der Waals surface area contributed by atoms with Gasteiger partial charge in [-0.05, 0) is 24.3 Å². The van der Waals surface area contributed by atoms with Crippen LogP contribution in [0.15, 0.2) is 36.7 Å². The highest BCUT2D eigenvalue weighted by Crippen LogP contribution is 2.07. The van der Waals surface area contributed by atoms with Crippen LogP contribution < -0.4 is 5.32 Å². The summed E-state index contributed by atoms with van der Waals surface area (Å²) in [5, 5.41) is 15.3. The zero-order chi connectivity index (χ0) is 15.2. The number of carbonyl (C=O) groups excluding carboxylic acids is 1. The first kappa shape index (κ1) is 14.4. The van der Waals surface area contributed by atoms with E-state index in [0.29, 0.717) is 11.4 Å². The smallest absolute Gasteiger partial charge is 0.309 e. The second-order valence-electron chi connectivity index (χ2n) is 4.31. The van der Waals surface area contributed by atoms with Crippen LogP contribution in [0.4, 0.5) is 5.69 Å². The van der Waals surface area contributed by atoms with Crippen molar-refractivity contribution in [1.82, 2.24) is 14.8 Å². The number of nitrogens with one attached hydrogen (secondary N) is 1. The summed E-state index contributed by atoms with van der Waals surface area (Å²) in [4.78, 5) is 26.2. The van der Waals surface area contributed by atoms with Crippen molar-refractivity contribution >= 4 is 23.6 Å². The molecule has 2 heterocycles. The van der Waals surface area contributed by atoms with Gasteiger partial charge in [0.1, 0.15) is 0 Å². The zero-order valence-corrected chi connectivity index (χ0v) is 11.4. The van der Waals surface area contributed by atoms with Gasteiger partial charge in [0.2, 0.25) is 5.91 Å². The Morgan fingerprint density at radius 2 is 2.19 bits per heavy atom. The average molecular weight is 286 g/mol. The van der Waals surface area contributed by atoms with Gasteiger partial charge in [0, 0.05) is 19.3 Å². The van der Waals surface area contributed by atoms with Crippen molar-refractivity contribution < 1.29 is 14.7 Å². The Labute approximate surface area is 120 Å². The third kappa shape index (κ3) is 4.27. The second-order valence-corrected chi connectivity index (χ2v) is 4.31. The molecule has 7 heteroatoms. The number of carboxylic acids is 1. The van der Waals surface area contributed by atoms with Crippen LogP contribution in [-0.2, 0) is 23.1 Å². The van der Waals surface area contributed by atoms with E-state index in [1.54, 1.807) is 42.2 Å². The first-order valence-electron chi connectivity index (χ1n) is 6.18. The van der Waals surface area contributed by atoms with E-state index in [-0.39, 0.29) is 12.3 Å². The predicted octanol–water partition coefficient (Wildman–Crippen LogP) is 1.09. The third-order valence-corrected chi connectivity index (χ3v) is 2.69. The van der Waals surface area contributed by atoms with E-state index in [9.17, 15) is 9.59 Å². The molecule has 108 valence electrons. The highest BCUT2D eigenvalue weighted by molar-refractivity contribution is 6.01. The van der Waals surface area contributed by atoms with Gasteiger partial charge in [0.25, 0.3) is 0 Å². The van der Waals surface area contributed by atoms with E-state index < -0.39 is 5.97 Å². The molecule has 0 unspecified atom stereocenters. The van der Waals surface area contributed by atoms with Crippen molar-refractivity contribution in [2.75, 3.05) is 5.32 Å². The Morgan fingerprint density at radius 3 is 2.76 bits per heavy atom. The molecule has 2 rings (SSSR count). The molecule has 21 heavy (non-hydrogen) atoms. The summed E-state index contributed by atoms with van der Waals surface area (Å²) in [6, 6.07) is 4.96. The molecule has 0 aliphatic carbocycles. The van der Waals surface area contributed by atoms with Crippen molar-refractivity contribution in [2.24, 2.45) is 7.05 Å². The summed E-state index contributed by atoms with van der Waals surface area (Å²) >= 11 is 0. The minimum Gasteiger partial charge on any atom is -0.481 e. The molecule has 0 spiro atoms. The van der Waals surface area contributed by atoms with E-state index >= 15 is 0 Å². The lowest BCUT2D eigenvalue weighted by atomic mass is 10.2. The van der Waals surface area contributed by atoms with Crippen molar-refractivity contribution in [3.63, 3.8) is 0 Å². The largest absolute Gasteiger partial charge is 0.481 e. The summed E-state index contributed by atoms with van der Waals surface area (Å²) in [7, 11) is 1.78. The van der Waals surface area contributed by atoms with Crippen LogP contribution in [0.3, 0.4) is 0 Å². The molecular weight excluding hydrogens is 272 g/mol. The highest BCUT2D eigenvalue weighted by atomic mass is 16.4. The highest BCUT2D eigenvalue weighted by Gasteiger charge is 2.03. The maximum absolute atomic E-state index is 11.7. The number of amides is 1. The van der Waals surface area contributed by atoms with Gasteiger partial charge in [-0.1, -0.05) is 0 Å². The van der Waals surface area contributed by atoms with Gasteiger partial charge in [-0.15, -0.1) is 0 Å². The van der Waals surface area contributed by atoms with E-state index in [2.05, 4.69) is 15.4 Å². The van der Waals surface area contributed by atoms with Crippen LogP contribution in [0.5, 0.6) is 0 Å². The minimum absolute atomic E-state index is 0.144. The van der Waals surface area contributed by atoms with Gasteiger partial charge >= 0.3 is 5.97 Å². The Kier molecular flexibility index (Phi) is 4.45. The quantitative estimate of drug-likeness (QED) is 0.802. The fourth-order valence-corrected chi connectivity index (χ4v) is 1.65. The summed E-state index contributed by atoms with van der Waals surface area (Å²) in [6.45, 7) is 0. The molecule has 0 bridgehead atoms. The van der Waals surface area contributed by atoms with Crippen molar-refractivity contribution in [2.45, 2.75) is 6.42 Å². The summed E-state index contributed by atoms with van der Waals surface area (Å²) < 4.78 is 1.64. The fourth-order valence-electron chi connectivity index (χ4n) is 1.65. The molecule has 0 saturated carbocycles. The number of nitrogens with zero attached hydrogens (tertiary/aromatic N) is 3. The van der Waals surface area contributed by atoms with Crippen molar-refractivity contribution in [3.05, 3.63) is 48.1 Å². The molecule has 0 fully saturated rings. The van der Waals surface area contributed by atoms with Crippen LogP contribution in [0.25, 0.3) is 6.08 Å². The monoisotopic (exact) mass is 286 g/mol. The Balaban J connectivity index is 1.95. The number of aromatic nitrogens is 3. The number of rotatable bonds is 5. The molecule has 0 aliphatic rings. The van der Waals surface area contributed by atoms with E-state index in [1.165, 1.54) is 12.3 Å². The van der Waals surface area contributed by atoms with Gasteiger partial charge in [-0.25, -0.2) is 0 Å². The standard InChI is InChI=1S/C14H14N4O3/c1-18-12(6-7-16-18)4-5-13(19)17-11-3-2-10(15-9-11)8-14(20)21/h2-7,9H,8H2,1H3,(H,17,19)(H,20,21)/b5-4+. The Morgan fingerprint density at radius 1 is 1.38 bits per heavy atom. The number of carboxylic acid groups (broad SMARTS) is 1. The molecule has 7 nitrogen and oxygen atoms in total. The summed E-state index contributed by atoms with van der Waals surface area (Å²) in [5.74, 6) is -1.25. The lowest BCUT2D eigenvalue weighted by Gasteiger charge is -2.02. The van der Waals surface area contributed by atoms with Gasteiger partial charge in [0.05, 0.1) is 29.7 Å². The molecule has 0 atom stereocenters. The van der Waals surface area contributed by atoms with E-state index in [0.717, 1.165) is 5.69 Å². The number of pyridine rings is 1. The first-order valence-corrected chi connectivity index (χ1v) is 6.18. The van der Waals surface area contributed by atoms with Crippen molar-refractivity contribution in [3.8, 4) is 0 Å². The number of hydrogen-bond donors (Lipinski definition) is 2. The van der Waals surface area contributed by atoms with E-state index in [4.69, 9.17) is 5.11 Å². The number of aryl methyl sites for hydroxylation is 1. The Bertz CT molecular complexity index is 674. The van der Waals surface area contributed by atoms with Gasteiger partial charge in [-0.3, -0.25) is 19.3 Å². The van der Waals surface area contributed by atoms with Crippen LogP contribution >= 0.6 is 0 Å². The van der Waals surface area contributed by atoms with Crippen LogP contribution in [0, 0.1) is 0 Å². The maximum Gasteiger partial charge on any atom is 0.309 e. The fraction of sp³-hybridized carbons (Fsp3) is 0.143. The lowest BCUT2D eigenvalue weighted by molar-refractivity contribution is -0.136. The Hall–Kier alpha value is -2.96. The molecule has 0 radical (unpaired) electrons. The summed E-state index contributed by atoms with van der Waals surface area (Å²) in [5.41, 5.74) is 1.75. The molecule has 0 aromatic carbocycles. The molecule has 1 amide bonds. The summed E-state index contributed by atoms with van der Waals surface area (Å²) in [6.07, 6.45) is 5.96. The number of carbonyl (C=O) groups is 2. The minimum atomic E-state index is -0.946. The topological polar surface area (TPSA) is 97.1 Å². The number of anilines is 1. The van der Waals surface area contributed by atoms with Gasteiger partial charge in [0.15, 0.2) is 0 Å². The lowest BCUT2D eigenvalue weighted by Crippen LogP contribution is -2.09. The van der Waals surface area contributed by atoms with Crippen LogP contribution in [-0.4, -0.2) is 31.7 Å². The van der Waals surface area contributed by atoms with Gasteiger partial charge in [-0.2, -0.15) is 5.10 Å². The normalized spacial score (nSPS) is 10.7. The average Bonchev–Trinajstić information content (AvgIpc) is 2.84. The third-order valence-electron chi connectivity index (χ3n) is 2.69. The van der Waals surface area contributed by atoms with Crippen molar-refractivity contribution in [1.29, 1.82) is 0 Å².